The average Bonchev–Trinajstić information content (AvgIpc) is 3.01. The second-order valence-corrected chi connectivity index (χ2v) is 5.85. The minimum atomic E-state index is -0.493. The highest BCUT2D eigenvalue weighted by Gasteiger charge is 2.31. The number of para-hydroxylation sites is 1. The van der Waals surface area contributed by atoms with Gasteiger partial charge in [-0.15, -0.1) is 0 Å². The average molecular weight is 287 g/mol. The molecule has 1 saturated carbocycles. The number of aliphatic hydroxyl groups is 1. The molecule has 1 aliphatic rings. The van der Waals surface area contributed by atoms with E-state index in [1.165, 1.54) is 5.56 Å². The summed E-state index contributed by atoms with van der Waals surface area (Å²) in [5, 5.41) is 12.7. The number of carbonyl (C=O) groups excluding carboxylic acids is 1. The van der Waals surface area contributed by atoms with Crippen molar-refractivity contribution in [1.82, 2.24) is 14.9 Å². The predicted octanol–water partition coefficient (Wildman–Crippen LogP) is 1.66. The van der Waals surface area contributed by atoms with Crippen LogP contribution in [-0.2, 0) is 18.4 Å². The van der Waals surface area contributed by atoms with Gasteiger partial charge in [0.15, 0.2) is 0 Å². The van der Waals surface area contributed by atoms with Crippen molar-refractivity contribution in [2.45, 2.75) is 38.8 Å². The summed E-state index contributed by atoms with van der Waals surface area (Å²) >= 11 is 0. The van der Waals surface area contributed by atoms with Gasteiger partial charge in [0, 0.05) is 7.05 Å². The highest BCUT2D eigenvalue weighted by molar-refractivity contribution is 5.81. The summed E-state index contributed by atoms with van der Waals surface area (Å²) in [4.78, 5) is 16.7. The van der Waals surface area contributed by atoms with E-state index < -0.39 is 6.10 Å². The molecule has 2 aromatic rings. The first-order valence-electron chi connectivity index (χ1n) is 7.44. The van der Waals surface area contributed by atoms with E-state index in [2.05, 4.69) is 23.3 Å². The number of hydrogen-bond donors (Lipinski definition) is 2. The number of aryl methyl sites for hydroxylation is 2. The molecule has 0 aliphatic heterocycles. The number of carbonyl (C=O) groups is 1. The number of nitrogens with zero attached hydrogens (tertiary/aromatic N) is 2. The third-order valence-electron chi connectivity index (χ3n) is 4.43. The second-order valence-electron chi connectivity index (χ2n) is 5.85. The van der Waals surface area contributed by atoms with Crippen LogP contribution in [0.25, 0.3) is 11.0 Å². The van der Waals surface area contributed by atoms with E-state index in [-0.39, 0.29) is 11.8 Å². The van der Waals surface area contributed by atoms with E-state index in [4.69, 9.17) is 0 Å². The lowest BCUT2D eigenvalue weighted by Gasteiger charge is -2.14. The number of rotatable bonds is 3. The highest BCUT2D eigenvalue weighted by atomic mass is 16.3. The van der Waals surface area contributed by atoms with Gasteiger partial charge < -0.3 is 15.0 Å². The van der Waals surface area contributed by atoms with Crippen LogP contribution in [0.5, 0.6) is 0 Å². The summed E-state index contributed by atoms with van der Waals surface area (Å²) in [6, 6.07) is 6.03. The molecule has 112 valence electrons. The van der Waals surface area contributed by atoms with Crippen molar-refractivity contribution in [3.8, 4) is 0 Å². The van der Waals surface area contributed by atoms with Crippen molar-refractivity contribution in [2.24, 2.45) is 13.0 Å². The molecule has 2 N–H and O–H groups in total. The molecule has 1 heterocycles. The van der Waals surface area contributed by atoms with Crippen molar-refractivity contribution in [3.63, 3.8) is 0 Å². The first-order valence-corrected chi connectivity index (χ1v) is 7.44. The Morgan fingerprint density at radius 1 is 1.48 bits per heavy atom. The Balaban J connectivity index is 1.75. The van der Waals surface area contributed by atoms with Crippen molar-refractivity contribution in [1.29, 1.82) is 0 Å². The summed E-state index contributed by atoms with van der Waals surface area (Å²) in [5.41, 5.74) is 3.22. The number of amides is 1. The van der Waals surface area contributed by atoms with E-state index in [9.17, 15) is 9.90 Å². The van der Waals surface area contributed by atoms with Crippen LogP contribution in [-0.4, -0.2) is 26.7 Å². The fraction of sp³-hybridized carbons (Fsp3) is 0.500. The van der Waals surface area contributed by atoms with Crippen molar-refractivity contribution in [2.75, 3.05) is 0 Å². The zero-order chi connectivity index (χ0) is 15.0. The molecule has 5 nitrogen and oxygen atoms in total. The molecule has 1 aromatic heterocycles. The lowest BCUT2D eigenvalue weighted by Crippen LogP contribution is -2.34. The van der Waals surface area contributed by atoms with E-state index in [0.717, 1.165) is 36.1 Å². The van der Waals surface area contributed by atoms with Gasteiger partial charge in [-0.25, -0.2) is 4.98 Å². The Hall–Kier alpha value is -1.88. The quantitative estimate of drug-likeness (QED) is 0.902. The Kier molecular flexibility index (Phi) is 3.68. The number of imidazole rings is 1. The molecule has 21 heavy (non-hydrogen) atoms. The third-order valence-corrected chi connectivity index (χ3v) is 4.43. The largest absolute Gasteiger partial charge is 0.392 e. The number of nitrogens with one attached hydrogen (secondary N) is 1. The zero-order valence-corrected chi connectivity index (χ0v) is 12.5. The van der Waals surface area contributed by atoms with Gasteiger partial charge in [0.1, 0.15) is 5.82 Å². The molecule has 1 fully saturated rings. The highest BCUT2D eigenvalue weighted by Crippen LogP contribution is 2.25. The molecule has 2 atom stereocenters. The zero-order valence-electron chi connectivity index (χ0n) is 12.5. The summed E-state index contributed by atoms with van der Waals surface area (Å²) in [7, 11) is 1.97. The predicted molar refractivity (Wildman–Crippen MR) is 80.6 cm³/mol. The second kappa shape index (κ2) is 5.48. The van der Waals surface area contributed by atoms with Crippen LogP contribution in [0.3, 0.4) is 0 Å². The van der Waals surface area contributed by atoms with Gasteiger partial charge in [-0.3, -0.25) is 4.79 Å². The maximum atomic E-state index is 12.1. The van der Waals surface area contributed by atoms with Crippen LogP contribution in [0, 0.1) is 12.8 Å². The Bertz CT molecular complexity index is 677. The van der Waals surface area contributed by atoms with Gasteiger partial charge in [0.2, 0.25) is 5.91 Å². The lowest BCUT2D eigenvalue weighted by molar-refractivity contribution is -0.127. The first kappa shape index (κ1) is 14.1. The van der Waals surface area contributed by atoms with Crippen LogP contribution < -0.4 is 5.32 Å². The molecule has 3 rings (SSSR count). The normalized spacial score (nSPS) is 21.9. The maximum absolute atomic E-state index is 12.1. The fourth-order valence-electron chi connectivity index (χ4n) is 3.21. The number of aliphatic hydroxyl groups excluding tert-OH is 1. The van der Waals surface area contributed by atoms with E-state index in [1.54, 1.807) is 0 Å². The molecule has 0 bridgehead atoms. The van der Waals surface area contributed by atoms with Gasteiger partial charge in [0.25, 0.3) is 0 Å². The van der Waals surface area contributed by atoms with Gasteiger partial charge in [0.05, 0.1) is 29.6 Å². The van der Waals surface area contributed by atoms with Crippen molar-refractivity contribution < 1.29 is 9.90 Å². The summed E-state index contributed by atoms with van der Waals surface area (Å²) in [6.45, 7) is 2.45. The molecule has 1 aliphatic carbocycles. The van der Waals surface area contributed by atoms with Crippen molar-refractivity contribution in [3.05, 3.63) is 29.6 Å². The molecule has 0 radical (unpaired) electrons. The van der Waals surface area contributed by atoms with Crippen LogP contribution in [0.2, 0.25) is 0 Å². The smallest absolute Gasteiger partial charge is 0.226 e. The Morgan fingerprint density at radius 2 is 2.29 bits per heavy atom. The van der Waals surface area contributed by atoms with Gasteiger partial charge in [-0.05, 0) is 37.8 Å². The lowest BCUT2D eigenvalue weighted by atomic mass is 10.1. The molecule has 0 saturated heterocycles. The minimum Gasteiger partial charge on any atom is -0.392 e. The minimum absolute atomic E-state index is 0.0659. The molecule has 1 amide bonds. The molecular formula is C16H21N3O2. The maximum Gasteiger partial charge on any atom is 0.226 e. The fourth-order valence-corrected chi connectivity index (χ4v) is 3.21. The van der Waals surface area contributed by atoms with Crippen LogP contribution in [0.1, 0.15) is 30.7 Å². The molecule has 1 aromatic carbocycles. The van der Waals surface area contributed by atoms with Crippen LogP contribution in [0.15, 0.2) is 18.2 Å². The monoisotopic (exact) mass is 287 g/mol. The van der Waals surface area contributed by atoms with Crippen LogP contribution >= 0.6 is 0 Å². The third kappa shape index (κ3) is 2.53. The molecule has 5 heteroatoms. The van der Waals surface area contributed by atoms with E-state index in [0.29, 0.717) is 6.54 Å². The SMILES string of the molecule is Cc1cccc2nc(CNC(=O)C3CCCC3O)n(C)c12. The standard InChI is InChI=1S/C16H21N3O2/c1-10-5-3-7-12-15(10)19(2)14(18-12)9-17-16(21)11-6-4-8-13(11)20/h3,5,7,11,13,20H,4,6,8-9H2,1-2H3,(H,17,21). The number of hydrogen-bond acceptors (Lipinski definition) is 3. The molecule has 0 spiro atoms. The molecule has 2 unspecified atom stereocenters. The number of benzene rings is 1. The van der Waals surface area contributed by atoms with Gasteiger partial charge >= 0.3 is 0 Å². The topological polar surface area (TPSA) is 67.2 Å². The first-order chi connectivity index (χ1) is 10.1. The van der Waals surface area contributed by atoms with E-state index in [1.807, 2.05) is 23.7 Å². The summed E-state index contributed by atoms with van der Waals surface area (Å²) in [5.74, 6) is 0.505. The van der Waals surface area contributed by atoms with Crippen LogP contribution in [0.4, 0.5) is 0 Å². The van der Waals surface area contributed by atoms with Crippen molar-refractivity contribution >= 4 is 16.9 Å². The number of aromatic nitrogens is 2. The summed E-state index contributed by atoms with van der Waals surface area (Å²) < 4.78 is 2.02. The Labute approximate surface area is 124 Å². The summed E-state index contributed by atoms with van der Waals surface area (Å²) in [6.07, 6.45) is 1.93. The van der Waals surface area contributed by atoms with Gasteiger partial charge in [-0.2, -0.15) is 0 Å². The Morgan fingerprint density at radius 3 is 2.95 bits per heavy atom. The van der Waals surface area contributed by atoms with Gasteiger partial charge in [-0.1, -0.05) is 12.1 Å². The van der Waals surface area contributed by atoms with E-state index >= 15 is 0 Å². The molecular weight excluding hydrogens is 266 g/mol. The number of fused-ring (bicyclic) bond motifs is 1.